The van der Waals surface area contributed by atoms with Gasteiger partial charge >= 0.3 is 12.2 Å². The molecule has 2 aromatic rings. The molecule has 2 atom stereocenters. The Hall–Kier alpha value is -4.42. The van der Waals surface area contributed by atoms with Crippen LogP contribution in [-0.2, 0) is 14.3 Å². The van der Waals surface area contributed by atoms with Crippen LogP contribution in [0.2, 0.25) is 0 Å². The molecule has 13 heteroatoms. The third-order valence-corrected chi connectivity index (χ3v) is 6.35. The molecule has 1 aromatic carbocycles. The van der Waals surface area contributed by atoms with E-state index in [-0.39, 0.29) is 24.9 Å². The second-order valence-corrected chi connectivity index (χ2v) is 8.87. The minimum absolute atomic E-state index is 0.0736. The molecule has 0 unspecified atom stereocenters. The summed E-state index contributed by atoms with van der Waals surface area (Å²) >= 11 is 0. The molecule has 0 spiro atoms. The SMILES string of the molecule is COC(=O)NC[C@H]1CN(c2ccc(N3CCN(C(=O)[C@H](C)NC(=O)c4cccnc4)CC3)c(F)c2)C(=O)O1. The van der Waals surface area contributed by atoms with Crippen LogP contribution in [0.3, 0.4) is 0 Å². The Morgan fingerprint density at radius 1 is 1.21 bits per heavy atom. The van der Waals surface area contributed by atoms with Crippen molar-refractivity contribution in [1.29, 1.82) is 0 Å². The fraction of sp³-hybridized carbons (Fsp3) is 0.400. The number of alkyl carbamates (subject to hydrolysis) is 1. The lowest BCUT2D eigenvalue weighted by molar-refractivity contribution is -0.133. The zero-order valence-corrected chi connectivity index (χ0v) is 21.1. The van der Waals surface area contributed by atoms with Crippen LogP contribution < -0.4 is 20.4 Å². The van der Waals surface area contributed by atoms with Gasteiger partial charge in [0.25, 0.3) is 5.91 Å². The molecular formula is C25H29FN6O6. The number of piperazine rings is 1. The number of hydrogen-bond acceptors (Lipinski definition) is 8. The number of aromatic nitrogens is 1. The summed E-state index contributed by atoms with van der Waals surface area (Å²) in [5.41, 5.74) is 1.06. The van der Waals surface area contributed by atoms with Crippen LogP contribution in [0.25, 0.3) is 0 Å². The third kappa shape index (κ3) is 6.10. The molecule has 2 N–H and O–H groups in total. The summed E-state index contributed by atoms with van der Waals surface area (Å²) in [6.07, 6.45) is 1.13. The van der Waals surface area contributed by atoms with E-state index in [4.69, 9.17) is 4.74 Å². The Morgan fingerprint density at radius 3 is 2.63 bits per heavy atom. The van der Waals surface area contributed by atoms with E-state index in [1.165, 1.54) is 24.3 Å². The normalized spacial score (nSPS) is 18.0. The third-order valence-electron chi connectivity index (χ3n) is 6.35. The van der Waals surface area contributed by atoms with Gasteiger partial charge in [0.2, 0.25) is 5.91 Å². The van der Waals surface area contributed by atoms with E-state index in [1.807, 2.05) is 4.90 Å². The molecule has 12 nitrogen and oxygen atoms in total. The van der Waals surface area contributed by atoms with Crippen LogP contribution in [0.5, 0.6) is 0 Å². The highest BCUT2D eigenvalue weighted by atomic mass is 19.1. The zero-order valence-electron chi connectivity index (χ0n) is 21.1. The number of ether oxygens (including phenoxy) is 2. The van der Waals surface area contributed by atoms with Crippen LogP contribution in [0.15, 0.2) is 42.7 Å². The molecule has 1 aromatic heterocycles. The van der Waals surface area contributed by atoms with Crippen molar-refractivity contribution in [1.82, 2.24) is 20.5 Å². The highest BCUT2D eigenvalue weighted by molar-refractivity contribution is 5.97. The lowest BCUT2D eigenvalue weighted by Crippen LogP contribution is -2.54. The number of carbonyl (C=O) groups excluding carboxylic acids is 4. The number of anilines is 2. The van der Waals surface area contributed by atoms with E-state index in [1.54, 1.807) is 42.3 Å². The molecular weight excluding hydrogens is 499 g/mol. The largest absolute Gasteiger partial charge is 0.453 e. The fourth-order valence-corrected chi connectivity index (χ4v) is 4.31. The van der Waals surface area contributed by atoms with Crippen LogP contribution in [0.1, 0.15) is 17.3 Å². The molecule has 0 aliphatic carbocycles. The first-order valence-corrected chi connectivity index (χ1v) is 12.1. The summed E-state index contributed by atoms with van der Waals surface area (Å²) in [4.78, 5) is 57.3. The molecule has 2 aliphatic heterocycles. The number of cyclic esters (lactones) is 1. The van der Waals surface area contributed by atoms with E-state index >= 15 is 4.39 Å². The molecule has 0 radical (unpaired) electrons. The Morgan fingerprint density at radius 2 is 1.97 bits per heavy atom. The number of nitrogens with one attached hydrogen (secondary N) is 2. The summed E-state index contributed by atoms with van der Waals surface area (Å²) in [5, 5.41) is 5.16. The van der Waals surface area contributed by atoms with Gasteiger partial charge in [-0.15, -0.1) is 0 Å². The van der Waals surface area contributed by atoms with Gasteiger partial charge in [0.15, 0.2) is 0 Å². The molecule has 4 rings (SSSR count). The number of rotatable bonds is 7. The first-order valence-electron chi connectivity index (χ1n) is 12.1. The number of hydrogen-bond donors (Lipinski definition) is 2. The molecule has 2 fully saturated rings. The highest BCUT2D eigenvalue weighted by Crippen LogP contribution is 2.28. The summed E-state index contributed by atoms with van der Waals surface area (Å²) < 4.78 is 24.8. The van der Waals surface area contributed by atoms with Crippen molar-refractivity contribution in [2.24, 2.45) is 0 Å². The van der Waals surface area contributed by atoms with Crippen LogP contribution >= 0.6 is 0 Å². The second kappa shape index (κ2) is 11.8. The minimum atomic E-state index is -0.725. The zero-order chi connectivity index (χ0) is 27.2. The van der Waals surface area contributed by atoms with E-state index in [0.29, 0.717) is 43.1 Å². The van der Waals surface area contributed by atoms with Gasteiger partial charge in [-0.05, 0) is 37.3 Å². The van der Waals surface area contributed by atoms with E-state index < -0.39 is 30.1 Å². The standard InChI is InChI=1S/C25H29FN6O6/c1-16(29-22(33)17-4-3-7-27-13-17)23(34)31-10-8-30(9-11-31)21-6-5-18(12-20(21)26)32-15-19(38-25(32)36)14-28-24(35)37-2/h3-7,12-13,16,19H,8-11,14-15H2,1-2H3,(H,28,35)(H,29,33)/t16-,19-/m0/s1. The van der Waals surface area contributed by atoms with Crippen LogP contribution in [-0.4, -0.2) is 92.4 Å². The number of pyridine rings is 1. The topological polar surface area (TPSA) is 133 Å². The number of halogens is 1. The Labute approximate surface area is 218 Å². The van der Waals surface area contributed by atoms with Crippen molar-refractivity contribution < 1.29 is 33.0 Å². The first-order chi connectivity index (χ1) is 18.3. The van der Waals surface area contributed by atoms with Crippen molar-refractivity contribution in [3.05, 3.63) is 54.1 Å². The van der Waals surface area contributed by atoms with Crippen molar-refractivity contribution in [3.8, 4) is 0 Å². The van der Waals surface area contributed by atoms with Crippen molar-refractivity contribution >= 4 is 35.4 Å². The van der Waals surface area contributed by atoms with Crippen LogP contribution in [0.4, 0.5) is 25.4 Å². The van der Waals surface area contributed by atoms with E-state index in [2.05, 4.69) is 20.4 Å². The maximum atomic E-state index is 15.1. The lowest BCUT2D eigenvalue weighted by Gasteiger charge is -2.37. The summed E-state index contributed by atoms with van der Waals surface area (Å²) in [6, 6.07) is 7.02. The van der Waals surface area contributed by atoms with E-state index in [0.717, 1.165) is 0 Å². The fourth-order valence-electron chi connectivity index (χ4n) is 4.31. The first kappa shape index (κ1) is 26.6. The molecule has 0 bridgehead atoms. The molecule has 38 heavy (non-hydrogen) atoms. The Bertz CT molecular complexity index is 1190. The van der Waals surface area contributed by atoms with Gasteiger partial charge in [-0.1, -0.05) is 0 Å². The molecule has 2 saturated heterocycles. The summed E-state index contributed by atoms with van der Waals surface area (Å²) in [5.74, 6) is -1.11. The number of methoxy groups -OCH3 is 1. The average molecular weight is 529 g/mol. The van der Waals surface area contributed by atoms with Crippen LogP contribution in [0, 0.1) is 5.82 Å². The number of benzene rings is 1. The van der Waals surface area contributed by atoms with Crippen molar-refractivity contribution in [2.75, 3.05) is 56.2 Å². The summed E-state index contributed by atoms with van der Waals surface area (Å²) in [7, 11) is 1.23. The lowest BCUT2D eigenvalue weighted by atomic mass is 10.2. The van der Waals surface area contributed by atoms with Crippen molar-refractivity contribution in [2.45, 2.75) is 19.1 Å². The number of amides is 4. The van der Waals surface area contributed by atoms with E-state index in [9.17, 15) is 19.2 Å². The van der Waals surface area contributed by atoms with Gasteiger partial charge < -0.3 is 29.9 Å². The van der Waals surface area contributed by atoms with Crippen molar-refractivity contribution in [3.63, 3.8) is 0 Å². The average Bonchev–Trinajstić information content (AvgIpc) is 3.32. The quantitative estimate of drug-likeness (QED) is 0.551. The van der Waals surface area contributed by atoms with Gasteiger partial charge in [0.05, 0.1) is 37.1 Å². The Balaban J connectivity index is 1.30. The second-order valence-electron chi connectivity index (χ2n) is 8.87. The minimum Gasteiger partial charge on any atom is -0.453 e. The molecule has 0 saturated carbocycles. The highest BCUT2D eigenvalue weighted by Gasteiger charge is 2.33. The molecule has 3 heterocycles. The maximum Gasteiger partial charge on any atom is 0.414 e. The number of nitrogens with zero attached hydrogens (tertiary/aromatic N) is 4. The summed E-state index contributed by atoms with van der Waals surface area (Å²) in [6.45, 7) is 3.38. The smallest absolute Gasteiger partial charge is 0.414 e. The maximum absolute atomic E-state index is 15.1. The molecule has 202 valence electrons. The predicted molar refractivity (Wildman–Crippen MR) is 134 cm³/mol. The molecule has 4 amide bonds. The monoisotopic (exact) mass is 528 g/mol. The van der Waals surface area contributed by atoms with Gasteiger partial charge in [0.1, 0.15) is 18.0 Å². The Kier molecular flexibility index (Phi) is 8.24. The predicted octanol–water partition coefficient (Wildman–Crippen LogP) is 1.37. The number of carbonyl (C=O) groups is 4. The van der Waals surface area contributed by atoms with Gasteiger partial charge in [-0.3, -0.25) is 19.5 Å². The van der Waals surface area contributed by atoms with Gasteiger partial charge in [0, 0.05) is 38.6 Å². The van der Waals surface area contributed by atoms with Gasteiger partial charge in [-0.25, -0.2) is 14.0 Å². The van der Waals surface area contributed by atoms with Gasteiger partial charge in [-0.2, -0.15) is 0 Å². The molecule has 2 aliphatic rings.